The smallest absolute Gasteiger partial charge is 0.289 e. The van der Waals surface area contributed by atoms with Crippen molar-refractivity contribution in [2.24, 2.45) is 0 Å². The van der Waals surface area contributed by atoms with Gasteiger partial charge in [-0.3, -0.25) is 0 Å². The van der Waals surface area contributed by atoms with Crippen LogP contribution in [0.1, 0.15) is 15.6 Å². The number of phenolic OH excluding ortho intramolecular Hbond substituents is 1. The molecule has 4 nitrogen and oxygen atoms in total. The van der Waals surface area contributed by atoms with E-state index in [1.54, 1.807) is 30.6 Å². The zero-order valence-electron chi connectivity index (χ0n) is 11.9. The first-order valence-electron chi connectivity index (χ1n) is 6.17. The van der Waals surface area contributed by atoms with E-state index >= 15 is 0 Å². The van der Waals surface area contributed by atoms with Crippen LogP contribution in [-0.2, 0) is 6.54 Å². The Kier molecular flexibility index (Phi) is 6.58. The van der Waals surface area contributed by atoms with Crippen LogP contribution in [0.15, 0.2) is 30.9 Å². The van der Waals surface area contributed by atoms with Crippen LogP contribution in [-0.4, -0.2) is 17.3 Å². The molecule has 1 N–H and O–H groups in total. The van der Waals surface area contributed by atoms with Crippen molar-refractivity contribution >= 4 is 23.5 Å². The van der Waals surface area contributed by atoms with Gasteiger partial charge in [0.1, 0.15) is 11.5 Å². The second kappa shape index (κ2) is 7.95. The van der Waals surface area contributed by atoms with Crippen molar-refractivity contribution in [3.63, 3.8) is 0 Å². The van der Waals surface area contributed by atoms with Crippen molar-refractivity contribution in [2.45, 2.75) is 13.5 Å². The zero-order valence-corrected chi connectivity index (χ0v) is 14.3. The normalized spacial score (nSPS) is 10.4. The first-order chi connectivity index (χ1) is 9.63. The van der Waals surface area contributed by atoms with Crippen molar-refractivity contribution in [1.29, 1.82) is 0 Å². The van der Waals surface area contributed by atoms with Crippen LogP contribution in [0.2, 0.25) is 0 Å². The molecule has 0 spiro atoms. The SMILES string of the molecule is C=CC[n+]1nc(C)sc1/C=C/c1ccc(OC)cc1O.[Br-]. The van der Waals surface area contributed by atoms with Gasteiger partial charge in [0.25, 0.3) is 5.01 Å². The molecule has 112 valence electrons. The van der Waals surface area contributed by atoms with Crippen molar-refractivity contribution in [3.8, 4) is 11.5 Å². The Morgan fingerprint density at radius 1 is 1.43 bits per heavy atom. The average Bonchev–Trinajstić information content (AvgIpc) is 2.78. The molecule has 0 aliphatic rings. The first kappa shape index (κ1) is 17.4. The summed E-state index contributed by atoms with van der Waals surface area (Å²) in [5.74, 6) is 0.826. The fraction of sp³-hybridized carbons (Fsp3) is 0.200. The van der Waals surface area contributed by atoms with E-state index in [1.807, 2.05) is 35.9 Å². The monoisotopic (exact) mass is 368 g/mol. The van der Waals surface area contributed by atoms with Crippen LogP contribution in [0.25, 0.3) is 12.2 Å². The fourth-order valence-electron chi connectivity index (χ4n) is 1.77. The van der Waals surface area contributed by atoms with E-state index in [2.05, 4.69) is 11.7 Å². The number of hydrogen-bond donors (Lipinski definition) is 1. The maximum Gasteiger partial charge on any atom is 0.289 e. The molecule has 0 radical (unpaired) electrons. The van der Waals surface area contributed by atoms with Crippen molar-refractivity contribution in [2.75, 3.05) is 7.11 Å². The summed E-state index contributed by atoms with van der Waals surface area (Å²) in [6.45, 7) is 6.35. The number of aryl methyl sites for hydroxylation is 1. The largest absolute Gasteiger partial charge is 1.00 e. The first-order valence-corrected chi connectivity index (χ1v) is 6.99. The number of nitrogens with zero attached hydrogens (tertiary/aromatic N) is 2. The molecular weight excluding hydrogens is 352 g/mol. The molecule has 0 aliphatic heterocycles. The summed E-state index contributed by atoms with van der Waals surface area (Å²) < 4.78 is 6.94. The number of allylic oxidation sites excluding steroid dienone is 1. The lowest BCUT2D eigenvalue weighted by atomic mass is 10.2. The van der Waals surface area contributed by atoms with Gasteiger partial charge in [-0.25, -0.2) is 0 Å². The van der Waals surface area contributed by atoms with Crippen LogP contribution in [0.3, 0.4) is 0 Å². The summed E-state index contributed by atoms with van der Waals surface area (Å²) >= 11 is 1.60. The third kappa shape index (κ3) is 4.41. The third-order valence-corrected chi connectivity index (χ3v) is 3.65. The van der Waals surface area contributed by atoms with Crippen LogP contribution < -0.4 is 26.4 Å². The molecule has 0 atom stereocenters. The summed E-state index contributed by atoms with van der Waals surface area (Å²) in [6, 6.07) is 5.22. The number of aromatic hydroxyl groups is 1. The van der Waals surface area contributed by atoms with Gasteiger partial charge in [-0.15, -0.1) is 0 Å². The van der Waals surface area contributed by atoms with E-state index in [9.17, 15) is 5.11 Å². The highest BCUT2D eigenvalue weighted by Gasteiger charge is 2.13. The van der Waals surface area contributed by atoms with E-state index in [1.165, 1.54) is 0 Å². The highest BCUT2D eigenvalue weighted by molar-refractivity contribution is 7.11. The minimum Gasteiger partial charge on any atom is -1.00 e. The molecule has 0 fully saturated rings. The molecule has 1 aromatic heterocycles. The minimum atomic E-state index is 0. The number of methoxy groups -OCH3 is 1. The molecule has 0 unspecified atom stereocenters. The van der Waals surface area contributed by atoms with Gasteiger partial charge in [0, 0.05) is 22.8 Å². The molecule has 1 aromatic carbocycles. The van der Waals surface area contributed by atoms with E-state index in [0.29, 0.717) is 12.3 Å². The van der Waals surface area contributed by atoms with Crippen LogP contribution >= 0.6 is 11.3 Å². The molecule has 0 amide bonds. The molecule has 2 rings (SSSR count). The second-order valence-corrected chi connectivity index (χ2v) is 5.40. The Balaban J connectivity index is 0.00000220. The maximum absolute atomic E-state index is 9.91. The van der Waals surface area contributed by atoms with Crippen LogP contribution in [0.4, 0.5) is 0 Å². The average molecular weight is 369 g/mol. The predicted octanol–water partition coefficient (Wildman–Crippen LogP) is -0.186. The maximum atomic E-state index is 9.91. The molecule has 2 aromatic rings. The number of hydrogen-bond acceptors (Lipinski definition) is 4. The summed E-state index contributed by atoms with van der Waals surface area (Å²) in [4.78, 5) is 0. The predicted molar refractivity (Wildman–Crippen MR) is 80.8 cm³/mol. The minimum absolute atomic E-state index is 0. The number of phenols is 1. The highest BCUT2D eigenvalue weighted by Crippen LogP contribution is 2.25. The Morgan fingerprint density at radius 2 is 2.19 bits per heavy atom. The van der Waals surface area contributed by atoms with E-state index in [0.717, 1.165) is 15.6 Å². The molecule has 0 saturated carbocycles. The highest BCUT2D eigenvalue weighted by atomic mass is 79.9. The number of benzene rings is 1. The molecule has 0 aliphatic carbocycles. The van der Waals surface area contributed by atoms with Crippen molar-refractivity contribution < 1.29 is 31.5 Å². The second-order valence-electron chi connectivity index (χ2n) is 4.19. The van der Waals surface area contributed by atoms with Gasteiger partial charge in [0.2, 0.25) is 0 Å². The van der Waals surface area contributed by atoms with E-state index in [4.69, 9.17) is 4.74 Å². The van der Waals surface area contributed by atoms with Gasteiger partial charge in [-0.05, 0) is 42.5 Å². The Morgan fingerprint density at radius 3 is 2.81 bits per heavy atom. The number of halogens is 1. The summed E-state index contributed by atoms with van der Waals surface area (Å²) in [6.07, 6.45) is 5.61. The Hall–Kier alpha value is -1.66. The Labute approximate surface area is 138 Å². The lowest BCUT2D eigenvalue weighted by molar-refractivity contribution is -0.741. The van der Waals surface area contributed by atoms with Crippen LogP contribution in [0, 0.1) is 6.92 Å². The van der Waals surface area contributed by atoms with Gasteiger partial charge < -0.3 is 26.8 Å². The topological polar surface area (TPSA) is 46.2 Å². The number of rotatable bonds is 5. The van der Waals surface area contributed by atoms with Crippen molar-refractivity contribution in [1.82, 2.24) is 5.10 Å². The molecule has 0 saturated heterocycles. The van der Waals surface area contributed by atoms with Gasteiger partial charge >= 0.3 is 0 Å². The lowest BCUT2D eigenvalue weighted by Crippen LogP contribution is -3.00. The quantitative estimate of drug-likeness (QED) is 0.587. The molecule has 1 heterocycles. The van der Waals surface area contributed by atoms with Crippen molar-refractivity contribution in [3.05, 3.63) is 46.4 Å². The van der Waals surface area contributed by atoms with Crippen LogP contribution in [0.5, 0.6) is 11.5 Å². The van der Waals surface area contributed by atoms with Gasteiger partial charge in [-0.1, -0.05) is 11.3 Å². The van der Waals surface area contributed by atoms with E-state index in [-0.39, 0.29) is 22.7 Å². The summed E-state index contributed by atoms with van der Waals surface area (Å²) in [5.41, 5.74) is 0.738. The standard InChI is InChI=1S/C15H16N2O2S.BrH/c1-4-9-17-15(20-11(2)16-17)8-6-12-5-7-13(19-3)10-14(12)18;/h4-8,10H,1,9H2,2-3H3;1H. The summed E-state index contributed by atoms with van der Waals surface area (Å²) in [7, 11) is 1.57. The zero-order chi connectivity index (χ0) is 14.5. The van der Waals surface area contributed by atoms with Gasteiger partial charge in [-0.2, -0.15) is 0 Å². The fourth-order valence-corrected chi connectivity index (χ4v) is 2.57. The molecule has 6 heteroatoms. The number of aromatic nitrogens is 2. The van der Waals surface area contributed by atoms with Gasteiger partial charge in [0.05, 0.1) is 7.11 Å². The third-order valence-electron chi connectivity index (χ3n) is 2.71. The number of ether oxygens (including phenoxy) is 1. The lowest BCUT2D eigenvalue weighted by Gasteiger charge is -2.02. The van der Waals surface area contributed by atoms with E-state index < -0.39 is 0 Å². The Bertz CT molecular complexity index is 653. The molecular formula is C15H17BrN2O2S. The molecule has 21 heavy (non-hydrogen) atoms. The van der Waals surface area contributed by atoms with Gasteiger partial charge in [0.15, 0.2) is 11.6 Å². The molecule has 0 bridgehead atoms. The summed E-state index contributed by atoms with van der Waals surface area (Å²) in [5, 5.41) is 16.3.